The molecule has 0 saturated heterocycles. The van der Waals surface area contributed by atoms with Crippen molar-refractivity contribution in [3.8, 4) is 0 Å². The van der Waals surface area contributed by atoms with Crippen LogP contribution in [-0.2, 0) is 9.59 Å². The second kappa shape index (κ2) is 7.37. The highest BCUT2D eigenvalue weighted by atomic mass is 19.1. The molecule has 0 heterocycles. The predicted molar refractivity (Wildman–Crippen MR) is 71.5 cm³/mol. The van der Waals surface area contributed by atoms with Crippen LogP contribution in [0.2, 0.25) is 0 Å². The maximum absolute atomic E-state index is 13.0. The van der Waals surface area contributed by atoms with Gasteiger partial charge in [0.05, 0.1) is 0 Å². The molecule has 0 spiro atoms. The fourth-order valence-electron chi connectivity index (χ4n) is 1.83. The van der Waals surface area contributed by atoms with E-state index in [1.807, 2.05) is 0 Å². The zero-order valence-electron chi connectivity index (χ0n) is 11.4. The predicted octanol–water partition coefficient (Wildman–Crippen LogP) is 1.57. The number of hydrogen-bond acceptors (Lipinski definition) is 3. The minimum atomic E-state index is -1.24. The zero-order chi connectivity index (χ0) is 16.0. The monoisotopic (exact) mass is 297 g/mol. The lowest BCUT2D eigenvalue weighted by atomic mass is 10.1. The third-order valence-electron chi connectivity index (χ3n) is 2.92. The molecule has 6 nitrogen and oxygen atoms in total. The van der Waals surface area contributed by atoms with Gasteiger partial charge in [-0.25, -0.2) is 9.18 Å². The summed E-state index contributed by atoms with van der Waals surface area (Å²) in [6.45, 7) is 1.54. The van der Waals surface area contributed by atoms with Crippen LogP contribution >= 0.6 is 0 Å². The fourth-order valence-corrected chi connectivity index (χ4v) is 1.83. The molecule has 1 rings (SSSR count). The lowest BCUT2D eigenvalue weighted by Gasteiger charge is -2.15. The van der Waals surface area contributed by atoms with Crippen LogP contribution in [0.5, 0.6) is 0 Å². The summed E-state index contributed by atoms with van der Waals surface area (Å²) < 4.78 is 13.0. The standard InChI is InChI=1S/C14H16FNO5/c1-8-7-9(15)5-6-10(8)13(19)16-11(14(20)21)3-2-4-12(17)18/h5-7,11H,2-4H2,1H3,(H,16,19)(H,17,18)(H,20,21)/t11-/m1/s1. The average Bonchev–Trinajstić information content (AvgIpc) is 2.36. The minimum Gasteiger partial charge on any atom is -0.481 e. The maximum Gasteiger partial charge on any atom is 0.326 e. The third kappa shape index (κ3) is 5.21. The van der Waals surface area contributed by atoms with E-state index in [2.05, 4.69) is 5.32 Å². The van der Waals surface area contributed by atoms with Gasteiger partial charge in [0.15, 0.2) is 0 Å². The Hall–Kier alpha value is -2.44. The number of aryl methyl sites for hydroxylation is 1. The first kappa shape index (κ1) is 16.6. The fraction of sp³-hybridized carbons (Fsp3) is 0.357. The van der Waals surface area contributed by atoms with Gasteiger partial charge in [-0.2, -0.15) is 0 Å². The van der Waals surface area contributed by atoms with Crippen LogP contribution in [0.15, 0.2) is 18.2 Å². The number of benzene rings is 1. The molecule has 0 aliphatic heterocycles. The summed E-state index contributed by atoms with van der Waals surface area (Å²) in [7, 11) is 0. The number of amides is 1. The number of hydrogen-bond donors (Lipinski definition) is 3. The molecular weight excluding hydrogens is 281 g/mol. The molecule has 0 unspecified atom stereocenters. The molecule has 3 N–H and O–H groups in total. The van der Waals surface area contributed by atoms with Crippen molar-refractivity contribution >= 4 is 17.8 Å². The normalized spacial score (nSPS) is 11.7. The molecule has 0 bridgehead atoms. The Balaban J connectivity index is 2.72. The summed E-state index contributed by atoms with van der Waals surface area (Å²) in [5.41, 5.74) is 0.572. The number of nitrogens with one attached hydrogen (secondary N) is 1. The van der Waals surface area contributed by atoms with Crippen molar-refractivity contribution in [2.75, 3.05) is 0 Å². The molecule has 114 valence electrons. The van der Waals surface area contributed by atoms with Crippen LogP contribution in [0.3, 0.4) is 0 Å². The number of carbonyl (C=O) groups is 3. The Bertz CT molecular complexity index is 558. The van der Waals surface area contributed by atoms with Crippen LogP contribution < -0.4 is 5.32 Å². The molecule has 0 aliphatic carbocycles. The van der Waals surface area contributed by atoms with Gasteiger partial charge < -0.3 is 15.5 Å². The smallest absolute Gasteiger partial charge is 0.326 e. The van der Waals surface area contributed by atoms with Crippen molar-refractivity contribution in [2.45, 2.75) is 32.2 Å². The lowest BCUT2D eigenvalue weighted by molar-refractivity contribution is -0.140. The van der Waals surface area contributed by atoms with Gasteiger partial charge in [0.2, 0.25) is 0 Å². The Labute approximate surface area is 120 Å². The number of halogens is 1. The summed E-state index contributed by atoms with van der Waals surface area (Å²) >= 11 is 0. The molecule has 0 fully saturated rings. The van der Waals surface area contributed by atoms with E-state index in [0.29, 0.717) is 5.56 Å². The van der Waals surface area contributed by atoms with Crippen molar-refractivity contribution in [2.24, 2.45) is 0 Å². The van der Waals surface area contributed by atoms with Gasteiger partial charge in [-0.3, -0.25) is 9.59 Å². The molecule has 7 heteroatoms. The first-order chi connectivity index (χ1) is 9.81. The molecule has 1 atom stereocenters. The molecule has 0 radical (unpaired) electrons. The largest absolute Gasteiger partial charge is 0.481 e. The van der Waals surface area contributed by atoms with E-state index in [4.69, 9.17) is 10.2 Å². The minimum absolute atomic E-state index is 0.00756. The topological polar surface area (TPSA) is 104 Å². The van der Waals surface area contributed by atoms with Gasteiger partial charge in [-0.15, -0.1) is 0 Å². The molecule has 21 heavy (non-hydrogen) atoms. The van der Waals surface area contributed by atoms with Gasteiger partial charge in [0.1, 0.15) is 11.9 Å². The SMILES string of the molecule is Cc1cc(F)ccc1C(=O)N[C@H](CCCC(=O)O)C(=O)O. The van der Waals surface area contributed by atoms with Crippen molar-refractivity contribution in [1.29, 1.82) is 0 Å². The first-order valence-electron chi connectivity index (χ1n) is 6.33. The van der Waals surface area contributed by atoms with Crippen LogP contribution in [0.4, 0.5) is 4.39 Å². The summed E-state index contributed by atoms with van der Waals surface area (Å²) in [4.78, 5) is 33.4. The van der Waals surface area contributed by atoms with E-state index in [1.165, 1.54) is 19.1 Å². The Morgan fingerprint density at radius 2 is 1.95 bits per heavy atom. The summed E-state index contributed by atoms with van der Waals surface area (Å²) in [6.07, 6.45) is -0.0299. The second-order valence-corrected chi connectivity index (χ2v) is 4.61. The van der Waals surface area contributed by atoms with E-state index >= 15 is 0 Å². The summed E-state index contributed by atoms with van der Waals surface area (Å²) in [5.74, 6) is -3.39. The molecule has 1 amide bonds. The highest BCUT2D eigenvalue weighted by molar-refractivity contribution is 5.97. The molecule has 0 aromatic heterocycles. The Morgan fingerprint density at radius 3 is 2.48 bits per heavy atom. The Kier molecular flexibility index (Phi) is 5.83. The molecule has 0 aliphatic rings. The van der Waals surface area contributed by atoms with Crippen molar-refractivity contribution in [1.82, 2.24) is 5.32 Å². The second-order valence-electron chi connectivity index (χ2n) is 4.61. The number of carboxylic acid groups (broad SMARTS) is 2. The number of rotatable bonds is 7. The zero-order valence-corrected chi connectivity index (χ0v) is 11.4. The van der Waals surface area contributed by atoms with Crippen molar-refractivity contribution in [3.63, 3.8) is 0 Å². The molecule has 1 aromatic carbocycles. The lowest BCUT2D eigenvalue weighted by Crippen LogP contribution is -2.41. The van der Waals surface area contributed by atoms with Crippen molar-refractivity contribution < 1.29 is 29.0 Å². The highest BCUT2D eigenvalue weighted by Crippen LogP contribution is 2.11. The molecule has 0 saturated carbocycles. The van der Waals surface area contributed by atoms with Gasteiger partial charge in [0.25, 0.3) is 5.91 Å². The third-order valence-corrected chi connectivity index (χ3v) is 2.92. The van der Waals surface area contributed by atoms with E-state index in [9.17, 15) is 18.8 Å². The van der Waals surface area contributed by atoms with Gasteiger partial charge >= 0.3 is 11.9 Å². The maximum atomic E-state index is 13.0. The average molecular weight is 297 g/mol. The van der Waals surface area contributed by atoms with Crippen LogP contribution in [0.1, 0.15) is 35.2 Å². The Morgan fingerprint density at radius 1 is 1.29 bits per heavy atom. The van der Waals surface area contributed by atoms with E-state index in [0.717, 1.165) is 6.07 Å². The van der Waals surface area contributed by atoms with Crippen LogP contribution in [-0.4, -0.2) is 34.1 Å². The number of aliphatic carboxylic acids is 2. The van der Waals surface area contributed by atoms with E-state index in [1.54, 1.807) is 0 Å². The van der Waals surface area contributed by atoms with Crippen LogP contribution in [0.25, 0.3) is 0 Å². The van der Waals surface area contributed by atoms with Gasteiger partial charge in [0, 0.05) is 12.0 Å². The quantitative estimate of drug-likeness (QED) is 0.708. The number of carboxylic acids is 2. The molecular formula is C14H16FNO5. The highest BCUT2D eigenvalue weighted by Gasteiger charge is 2.21. The first-order valence-corrected chi connectivity index (χ1v) is 6.33. The number of carbonyl (C=O) groups excluding carboxylic acids is 1. The van der Waals surface area contributed by atoms with Gasteiger partial charge in [-0.1, -0.05) is 0 Å². The van der Waals surface area contributed by atoms with Crippen LogP contribution in [0, 0.1) is 12.7 Å². The summed E-state index contributed by atoms with van der Waals surface area (Å²) in [5, 5.41) is 19.9. The van der Waals surface area contributed by atoms with E-state index < -0.39 is 29.7 Å². The van der Waals surface area contributed by atoms with Crippen molar-refractivity contribution in [3.05, 3.63) is 35.1 Å². The summed E-state index contributed by atoms with van der Waals surface area (Å²) in [6, 6.07) is 2.38. The van der Waals surface area contributed by atoms with Gasteiger partial charge in [-0.05, 0) is 43.5 Å². The molecule has 1 aromatic rings. The van der Waals surface area contributed by atoms with E-state index in [-0.39, 0.29) is 24.8 Å².